The van der Waals surface area contributed by atoms with Crippen molar-refractivity contribution in [2.24, 2.45) is 0 Å². The molecular formula is C24H31N3O6S. The number of anilines is 1. The van der Waals surface area contributed by atoms with Crippen LogP contribution in [0.5, 0.6) is 11.5 Å². The predicted molar refractivity (Wildman–Crippen MR) is 129 cm³/mol. The summed E-state index contributed by atoms with van der Waals surface area (Å²) in [5.74, 6) is 1.23. The zero-order valence-corrected chi connectivity index (χ0v) is 20.3. The van der Waals surface area contributed by atoms with Crippen LogP contribution in [0.15, 0.2) is 42.5 Å². The van der Waals surface area contributed by atoms with E-state index in [1.165, 1.54) is 4.31 Å². The number of carbonyl (C=O) groups excluding carboxylic acids is 1. The van der Waals surface area contributed by atoms with Crippen LogP contribution in [0.4, 0.5) is 5.69 Å². The average Bonchev–Trinajstić information content (AvgIpc) is 3.23. The van der Waals surface area contributed by atoms with Gasteiger partial charge >= 0.3 is 0 Å². The van der Waals surface area contributed by atoms with Crippen molar-refractivity contribution in [1.29, 1.82) is 0 Å². The third kappa shape index (κ3) is 5.29. The molecule has 0 aliphatic carbocycles. The molecule has 1 atom stereocenters. The summed E-state index contributed by atoms with van der Waals surface area (Å²) < 4.78 is 42.0. The Labute approximate surface area is 200 Å². The first-order chi connectivity index (χ1) is 16.4. The summed E-state index contributed by atoms with van der Waals surface area (Å²) in [5, 5.41) is 3.04. The molecule has 2 heterocycles. The van der Waals surface area contributed by atoms with E-state index in [9.17, 15) is 13.2 Å². The smallest absolute Gasteiger partial charge is 0.251 e. The van der Waals surface area contributed by atoms with E-state index in [2.05, 4.69) is 10.2 Å². The number of benzene rings is 2. The van der Waals surface area contributed by atoms with Gasteiger partial charge in [-0.25, -0.2) is 8.42 Å². The molecule has 2 aliphatic rings. The molecule has 2 saturated heterocycles. The molecule has 0 spiro atoms. The minimum Gasteiger partial charge on any atom is -0.493 e. The van der Waals surface area contributed by atoms with Crippen molar-refractivity contribution in [3.63, 3.8) is 0 Å². The molecule has 0 aromatic heterocycles. The second kappa shape index (κ2) is 10.6. The number of carbonyl (C=O) groups is 1. The van der Waals surface area contributed by atoms with Crippen LogP contribution in [0.25, 0.3) is 0 Å². The molecule has 0 saturated carbocycles. The number of nitrogens with one attached hydrogen (secondary N) is 1. The molecule has 2 aromatic rings. The fourth-order valence-corrected chi connectivity index (χ4v) is 5.97. The number of hydrogen-bond acceptors (Lipinski definition) is 7. The van der Waals surface area contributed by atoms with Crippen molar-refractivity contribution in [3.05, 3.63) is 53.6 Å². The molecule has 2 fully saturated rings. The molecule has 0 bridgehead atoms. The number of amides is 1. The van der Waals surface area contributed by atoms with Gasteiger partial charge in [-0.05, 0) is 48.4 Å². The molecule has 9 nitrogen and oxygen atoms in total. The van der Waals surface area contributed by atoms with Crippen LogP contribution in [-0.2, 0) is 14.8 Å². The normalized spacial score (nSPS) is 18.9. The van der Waals surface area contributed by atoms with Gasteiger partial charge in [0.2, 0.25) is 10.0 Å². The summed E-state index contributed by atoms with van der Waals surface area (Å²) in [6.07, 6.45) is 0.615. The zero-order valence-electron chi connectivity index (χ0n) is 19.5. The first-order valence-corrected chi connectivity index (χ1v) is 13.0. The van der Waals surface area contributed by atoms with Gasteiger partial charge in [0.15, 0.2) is 11.5 Å². The predicted octanol–water partition coefficient (Wildman–Crippen LogP) is 2.05. The molecule has 2 aromatic carbocycles. The Balaban J connectivity index is 1.48. The van der Waals surface area contributed by atoms with Crippen molar-refractivity contribution in [1.82, 2.24) is 10.2 Å². The first kappa shape index (κ1) is 24.3. The van der Waals surface area contributed by atoms with Gasteiger partial charge in [0.1, 0.15) is 0 Å². The SMILES string of the molecule is COc1ccc([C@H](CNC(=O)c2ccc(N3CCCS3(=O)=O)cc2)N2CCOCC2)cc1OC. The van der Waals surface area contributed by atoms with E-state index in [1.807, 2.05) is 18.2 Å². The molecular weight excluding hydrogens is 458 g/mol. The van der Waals surface area contributed by atoms with Crippen LogP contribution in [0.1, 0.15) is 28.4 Å². The lowest BCUT2D eigenvalue weighted by Gasteiger charge is -2.35. The van der Waals surface area contributed by atoms with Gasteiger partial charge in [-0.1, -0.05) is 6.07 Å². The standard InChI is InChI=1S/C24H31N3O6S/c1-31-22-9-6-19(16-23(22)32-2)21(26-11-13-33-14-12-26)17-25-24(28)18-4-7-20(8-5-18)27-10-3-15-34(27,29)30/h4-9,16,21H,3,10-15,17H2,1-2H3,(H,25,28)/t21-/m0/s1. The summed E-state index contributed by atoms with van der Waals surface area (Å²) in [7, 11) is -0.0506. The highest BCUT2D eigenvalue weighted by molar-refractivity contribution is 7.93. The lowest BCUT2D eigenvalue weighted by Crippen LogP contribution is -2.43. The summed E-state index contributed by atoms with van der Waals surface area (Å²) in [5.41, 5.74) is 2.08. The maximum atomic E-state index is 12.9. The molecule has 0 radical (unpaired) electrons. The highest BCUT2D eigenvalue weighted by Crippen LogP contribution is 2.32. The third-order valence-corrected chi connectivity index (χ3v) is 8.12. The minimum absolute atomic E-state index is 0.0679. The molecule has 184 valence electrons. The second-order valence-corrected chi connectivity index (χ2v) is 10.3. The van der Waals surface area contributed by atoms with Crippen LogP contribution >= 0.6 is 0 Å². The van der Waals surface area contributed by atoms with Crippen LogP contribution < -0.4 is 19.1 Å². The van der Waals surface area contributed by atoms with Crippen molar-refractivity contribution in [2.45, 2.75) is 12.5 Å². The maximum absolute atomic E-state index is 12.9. The number of nitrogens with zero attached hydrogens (tertiary/aromatic N) is 2. The molecule has 2 aliphatic heterocycles. The quantitative estimate of drug-likeness (QED) is 0.606. The van der Waals surface area contributed by atoms with E-state index in [1.54, 1.807) is 38.5 Å². The van der Waals surface area contributed by atoms with Crippen molar-refractivity contribution in [3.8, 4) is 11.5 Å². The first-order valence-electron chi connectivity index (χ1n) is 11.4. The summed E-state index contributed by atoms with van der Waals surface area (Å²) in [6.45, 7) is 3.66. The number of ether oxygens (including phenoxy) is 3. The van der Waals surface area contributed by atoms with E-state index in [0.29, 0.717) is 55.5 Å². The van der Waals surface area contributed by atoms with Gasteiger partial charge in [-0.2, -0.15) is 0 Å². The highest BCUT2D eigenvalue weighted by Gasteiger charge is 2.28. The summed E-state index contributed by atoms with van der Waals surface area (Å²) >= 11 is 0. The van der Waals surface area contributed by atoms with Gasteiger partial charge in [-0.15, -0.1) is 0 Å². The Hall–Kier alpha value is -2.82. The largest absolute Gasteiger partial charge is 0.493 e. The molecule has 1 amide bonds. The number of sulfonamides is 1. The lowest BCUT2D eigenvalue weighted by molar-refractivity contribution is 0.0162. The topological polar surface area (TPSA) is 97.4 Å². The van der Waals surface area contributed by atoms with Crippen molar-refractivity contribution < 1.29 is 27.4 Å². The monoisotopic (exact) mass is 489 g/mol. The Bertz CT molecular complexity index is 1100. The molecule has 4 rings (SSSR count). The van der Waals surface area contributed by atoms with Gasteiger partial charge in [0.05, 0.1) is 44.9 Å². The van der Waals surface area contributed by atoms with E-state index in [4.69, 9.17) is 14.2 Å². The van der Waals surface area contributed by atoms with Crippen LogP contribution in [0.3, 0.4) is 0 Å². The number of methoxy groups -OCH3 is 2. The Morgan fingerprint density at radius 3 is 2.35 bits per heavy atom. The lowest BCUT2D eigenvalue weighted by atomic mass is 10.0. The van der Waals surface area contributed by atoms with E-state index >= 15 is 0 Å². The average molecular weight is 490 g/mol. The molecule has 10 heteroatoms. The van der Waals surface area contributed by atoms with E-state index < -0.39 is 10.0 Å². The van der Waals surface area contributed by atoms with Crippen molar-refractivity contribution in [2.75, 3.05) is 63.7 Å². The number of rotatable bonds is 8. The van der Waals surface area contributed by atoms with E-state index in [0.717, 1.165) is 18.7 Å². The third-order valence-electron chi connectivity index (χ3n) is 6.25. The van der Waals surface area contributed by atoms with Crippen LogP contribution in [-0.4, -0.2) is 78.6 Å². The summed E-state index contributed by atoms with van der Waals surface area (Å²) in [6, 6.07) is 12.4. The Kier molecular flexibility index (Phi) is 7.60. The fraction of sp³-hybridized carbons (Fsp3) is 0.458. The van der Waals surface area contributed by atoms with E-state index in [-0.39, 0.29) is 17.7 Å². The van der Waals surface area contributed by atoms with Crippen LogP contribution in [0.2, 0.25) is 0 Å². The Morgan fingerprint density at radius 2 is 1.74 bits per heavy atom. The molecule has 0 unspecified atom stereocenters. The summed E-state index contributed by atoms with van der Waals surface area (Å²) in [4.78, 5) is 15.2. The number of hydrogen-bond donors (Lipinski definition) is 1. The minimum atomic E-state index is -3.25. The second-order valence-electron chi connectivity index (χ2n) is 8.28. The number of morpholine rings is 1. The van der Waals surface area contributed by atoms with Gasteiger partial charge < -0.3 is 19.5 Å². The molecule has 34 heavy (non-hydrogen) atoms. The Morgan fingerprint density at radius 1 is 1.03 bits per heavy atom. The fourth-order valence-electron chi connectivity index (χ4n) is 4.41. The van der Waals surface area contributed by atoms with Gasteiger partial charge in [-0.3, -0.25) is 14.0 Å². The highest BCUT2D eigenvalue weighted by atomic mass is 32.2. The zero-order chi connectivity index (χ0) is 24.1. The van der Waals surface area contributed by atoms with Crippen molar-refractivity contribution >= 4 is 21.6 Å². The van der Waals surface area contributed by atoms with Gasteiger partial charge in [0.25, 0.3) is 5.91 Å². The van der Waals surface area contributed by atoms with Crippen LogP contribution in [0, 0.1) is 0 Å². The maximum Gasteiger partial charge on any atom is 0.251 e. The van der Waals surface area contributed by atoms with Gasteiger partial charge in [0, 0.05) is 31.7 Å². The molecule has 1 N–H and O–H groups in total.